The zero-order chi connectivity index (χ0) is 30.0. The minimum Gasteiger partial charge on any atom is -0.507 e. The lowest BCUT2D eigenvalue weighted by molar-refractivity contribution is -0.128. The van der Waals surface area contributed by atoms with Gasteiger partial charge in [-0.1, -0.05) is 83.9 Å². The number of anilines is 1. The number of allylic oxidation sites excluding steroid dienone is 3. The van der Waals surface area contributed by atoms with Gasteiger partial charge in [0.2, 0.25) is 23.6 Å². The highest BCUT2D eigenvalue weighted by Crippen LogP contribution is 2.65. The van der Waals surface area contributed by atoms with E-state index < -0.39 is 46.8 Å². The van der Waals surface area contributed by atoms with Crippen LogP contribution in [0.2, 0.25) is 5.02 Å². The molecule has 3 aromatic rings. The number of aromatic hydroxyl groups is 1. The highest BCUT2D eigenvalue weighted by Gasteiger charge is 2.70. The maximum atomic E-state index is 15.1. The van der Waals surface area contributed by atoms with Crippen LogP contribution in [0.25, 0.3) is 0 Å². The van der Waals surface area contributed by atoms with Crippen LogP contribution in [-0.4, -0.2) is 28.7 Å². The molecule has 8 heteroatoms. The molecule has 3 fully saturated rings. The fraction of sp³-hybridized carbons (Fsp3) is 0.257. The van der Waals surface area contributed by atoms with Crippen LogP contribution in [0.5, 0.6) is 5.75 Å². The molecule has 0 aromatic heterocycles. The van der Waals surface area contributed by atoms with Crippen LogP contribution in [-0.2, 0) is 31.0 Å². The molecule has 7 nitrogen and oxygen atoms in total. The Morgan fingerprint density at radius 1 is 0.977 bits per heavy atom. The molecule has 0 bridgehead atoms. The summed E-state index contributed by atoms with van der Waals surface area (Å²) < 4.78 is 0. The third kappa shape index (κ3) is 3.80. The maximum Gasteiger partial charge on any atom is 0.246 e. The van der Waals surface area contributed by atoms with Gasteiger partial charge in [0.05, 0.1) is 28.9 Å². The summed E-state index contributed by atoms with van der Waals surface area (Å²) in [7, 11) is 0. The maximum absolute atomic E-state index is 15.1. The number of phenols is 1. The van der Waals surface area contributed by atoms with Crippen molar-refractivity contribution in [1.29, 1.82) is 0 Å². The van der Waals surface area contributed by atoms with Crippen molar-refractivity contribution >= 4 is 40.9 Å². The van der Waals surface area contributed by atoms with Crippen molar-refractivity contribution in [2.24, 2.45) is 23.7 Å². The lowest BCUT2D eigenvalue weighted by Gasteiger charge is -2.50. The monoisotopic (exact) mass is 592 g/mol. The van der Waals surface area contributed by atoms with Crippen LogP contribution in [0, 0.1) is 23.7 Å². The van der Waals surface area contributed by atoms with Crippen LogP contribution in [0.3, 0.4) is 0 Å². The van der Waals surface area contributed by atoms with E-state index in [2.05, 4.69) is 11.9 Å². The van der Waals surface area contributed by atoms with Crippen molar-refractivity contribution < 1.29 is 24.3 Å². The second kappa shape index (κ2) is 10.1. The van der Waals surface area contributed by atoms with Crippen molar-refractivity contribution in [3.05, 3.63) is 119 Å². The average molecular weight is 593 g/mol. The first-order valence-electron chi connectivity index (χ1n) is 14.4. The van der Waals surface area contributed by atoms with Crippen molar-refractivity contribution in [1.82, 2.24) is 5.32 Å². The summed E-state index contributed by atoms with van der Waals surface area (Å²) in [4.78, 5) is 56.9. The number of halogens is 1. The number of imide groups is 2. The highest BCUT2D eigenvalue weighted by molar-refractivity contribution is 6.32. The van der Waals surface area contributed by atoms with E-state index in [0.29, 0.717) is 40.2 Å². The van der Waals surface area contributed by atoms with Crippen LogP contribution in [0.15, 0.2) is 97.1 Å². The SMILES string of the molecule is C=CCc1cccc(C2C3=CCC4C(=O)NC(=O)C4C3CC3C(=O)N(c4cccc(Cl)c4)C(=O)C32c2ccccc2)c1O. The van der Waals surface area contributed by atoms with Crippen LogP contribution in [0.4, 0.5) is 5.69 Å². The number of carbonyl (C=O) groups excluding carboxylic acids is 4. The summed E-state index contributed by atoms with van der Waals surface area (Å²) in [5, 5.41) is 14.6. The fourth-order valence-corrected chi connectivity index (χ4v) is 8.35. The summed E-state index contributed by atoms with van der Waals surface area (Å²) >= 11 is 6.33. The Morgan fingerprint density at radius 3 is 2.49 bits per heavy atom. The van der Waals surface area contributed by atoms with Gasteiger partial charge in [0.1, 0.15) is 5.75 Å². The number of rotatable bonds is 5. The molecular weight excluding hydrogens is 564 g/mol. The number of hydrogen-bond acceptors (Lipinski definition) is 5. The third-order valence-electron chi connectivity index (χ3n) is 9.84. The van der Waals surface area contributed by atoms with E-state index >= 15 is 4.79 Å². The van der Waals surface area contributed by atoms with Gasteiger partial charge in [-0.15, -0.1) is 6.58 Å². The third-order valence-corrected chi connectivity index (χ3v) is 10.1. The number of carbonyl (C=O) groups is 4. The summed E-state index contributed by atoms with van der Waals surface area (Å²) in [6.45, 7) is 3.83. The molecule has 2 aliphatic heterocycles. The number of benzene rings is 3. The van der Waals surface area contributed by atoms with Gasteiger partial charge in [0, 0.05) is 16.5 Å². The number of phenolic OH excluding ortho intramolecular Hbond substituents is 1. The van der Waals surface area contributed by atoms with Gasteiger partial charge in [0.25, 0.3) is 0 Å². The number of nitrogens with zero attached hydrogens (tertiary/aromatic N) is 1. The van der Waals surface area contributed by atoms with E-state index in [0.717, 1.165) is 5.57 Å². The molecule has 216 valence electrons. The number of para-hydroxylation sites is 1. The topological polar surface area (TPSA) is 104 Å². The van der Waals surface area contributed by atoms with Crippen molar-refractivity contribution in [3.8, 4) is 5.75 Å². The molecule has 4 aliphatic rings. The molecule has 4 amide bonds. The molecule has 2 aliphatic carbocycles. The van der Waals surface area contributed by atoms with Crippen molar-refractivity contribution in [2.75, 3.05) is 4.90 Å². The normalized spacial score (nSPS) is 29.5. The summed E-state index contributed by atoms with van der Waals surface area (Å²) in [5.41, 5.74) is 1.52. The summed E-state index contributed by atoms with van der Waals surface area (Å²) in [6.07, 6.45) is 4.60. The van der Waals surface area contributed by atoms with Gasteiger partial charge in [0.15, 0.2) is 0 Å². The van der Waals surface area contributed by atoms with Crippen LogP contribution >= 0.6 is 11.6 Å². The van der Waals surface area contributed by atoms with E-state index in [-0.39, 0.29) is 24.0 Å². The molecule has 3 aromatic carbocycles. The first kappa shape index (κ1) is 27.3. The quantitative estimate of drug-likeness (QED) is 0.312. The Bertz CT molecular complexity index is 1750. The highest BCUT2D eigenvalue weighted by atomic mass is 35.5. The summed E-state index contributed by atoms with van der Waals surface area (Å²) in [5.74, 6) is -4.79. The van der Waals surface area contributed by atoms with Crippen LogP contribution < -0.4 is 10.2 Å². The number of nitrogens with one attached hydrogen (secondary N) is 1. The smallest absolute Gasteiger partial charge is 0.246 e. The number of hydrogen-bond donors (Lipinski definition) is 2. The molecule has 2 heterocycles. The number of fused-ring (bicyclic) bond motifs is 4. The van der Waals surface area contributed by atoms with E-state index in [9.17, 15) is 19.5 Å². The fourth-order valence-electron chi connectivity index (χ4n) is 8.16. The lowest BCUT2D eigenvalue weighted by Crippen LogP contribution is -2.53. The molecule has 6 atom stereocenters. The molecule has 6 unspecified atom stereocenters. The van der Waals surface area contributed by atoms with Crippen LogP contribution in [0.1, 0.15) is 35.4 Å². The van der Waals surface area contributed by atoms with Gasteiger partial charge in [-0.3, -0.25) is 24.5 Å². The molecule has 0 radical (unpaired) electrons. The minimum atomic E-state index is -1.43. The van der Waals surface area contributed by atoms with Gasteiger partial charge >= 0.3 is 0 Å². The Kier molecular flexibility index (Phi) is 6.40. The average Bonchev–Trinajstić information content (AvgIpc) is 3.42. The largest absolute Gasteiger partial charge is 0.507 e. The zero-order valence-electron chi connectivity index (χ0n) is 23.2. The first-order chi connectivity index (χ1) is 20.8. The molecule has 1 saturated carbocycles. The zero-order valence-corrected chi connectivity index (χ0v) is 24.0. The predicted molar refractivity (Wildman–Crippen MR) is 161 cm³/mol. The predicted octanol–water partition coefficient (Wildman–Crippen LogP) is 5.22. The van der Waals surface area contributed by atoms with Gasteiger partial charge in [-0.2, -0.15) is 0 Å². The molecule has 2 saturated heterocycles. The van der Waals surface area contributed by atoms with Gasteiger partial charge < -0.3 is 5.11 Å². The first-order valence-corrected chi connectivity index (χ1v) is 14.8. The van der Waals surface area contributed by atoms with E-state index in [1.165, 1.54) is 4.90 Å². The van der Waals surface area contributed by atoms with E-state index in [1.54, 1.807) is 36.4 Å². The van der Waals surface area contributed by atoms with Gasteiger partial charge in [-0.05, 0) is 54.5 Å². The Labute approximate surface area is 253 Å². The molecule has 0 spiro atoms. The number of amides is 4. The van der Waals surface area contributed by atoms with Crippen molar-refractivity contribution in [2.45, 2.75) is 30.6 Å². The Hall–Kier alpha value is -4.49. The lowest BCUT2D eigenvalue weighted by atomic mass is 9.49. The molecule has 7 rings (SSSR count). The summed E-state index contributed by atoms with van der Waals surface area (Å²) in [6, 6.07) is 21.3. The van der Waals surface area contributed by atoms with E-state index in [4.69, 9.17) is 11.6 Å². The second-order valence-electron chi connectivity index (χ2n) is 11.8. The molecule has 2 N–H and O–H groups in total. The molecular formula is C35H29ClN2O5. The van der Waals surface area contributed by atoms with Crippen molar-refractivity contribution in [3.63, 3.8) is 0 Å². The molecule has 43 heavy (non-hydrogen) atoms. The second-order valence-corrected chi connectivity index (χ2v) is 12.2. The standard InChI is InChI=1S/C35H29ClN2O5/c1-2-8-19-9-6-14-25(30(19)39)29-23-15-16-24-28(32(41)37-31(24)40)26(23)18-27-33(42)38(22-13-7-12-21(36)17-22)34(43)35(27,29)20-10-4-3-5-11-20/h2-7,9-15,17,24,26-29,39H,1,8,16,18H2,(H,37,40,41). The minimum absolute atomic E-state index is 0.0264. The Balaban J connectivity index is 1.54. The van der Waals surface area contributed by atoms with E-state index in [1.807, 2.05) is 48.5 Å². The Morgan fingerprint density at radius 2 is 1.74 bits per heavy atom. The van der Waals surface area contributed by atoms with Gasteiger partial charge in [-0.25, -0.2) is 4.90 Å².